The smallest absolute Gasteiger partial charge is 0.130 e. The van der Waals surface area contributed by atoms with E-state index in [2.05, 4.69) is 21.2 Å². The second-order valence-corrected chi connectivity index (χ2v) is 5.45. The molecule has 2 aromatic rings. The molecule has 2 rings (SSSR count). The molecule has 1 aromatic heterocycles. The molecule has 0 aliphatic heterocycles. The van der Waals surface area contributed by atoms with Gasteiger partial charge in [0.25, 0.3) is 0 Å². The first kappa shape index (κ1) is 12.7. The first-order chi connectivity index (χ1) is 8.16. The molecule has 0 aliphatic rings. The van der Waals surface area contributed by atoms with Crippen LogP contribution in [0.1, 0.15) is 10.4 Å². The van der Waals surface area contributed by atoms with Gasteiger partial charge in [0, 0.05) is 33.4 Å². The van der Waals surface area contributed by atoms with Crippen molar-refractivity contribution in [2.24, 2.45) is 0 Å². The van der Waals surface area contributed by atoms with Crippen molar-refractivity contribution in [2.75, 3.05) is 0 Å². The summed E-state index contributed by atoms with van der Waals surface area (Å²) in [4.78, 5) is 1.12. The molecule has 1 nitrogen and oxygen atoms in total. The molecular weight excluding hydrogens is 308 g/mol. The molecule has 1 aromatic carbocycles. The average molecular weight is 318 g/mol. The molecule has 1 N–H and O–H groups in total. The summed E-state index contributed by atoms with van der Waals surface area (Å²) in [6.45, 7) is 0.790. The molecule has 17 heavy (non-hydrogen) atoms. The van der Waals surface area contributed by atoms with Gasteiger partial charge in [-0.3, -0.25) is 0 Å². The lowest BCUT2D eigenvalue weighted by Crippen LogP contribution is -2.14. The van der Waals surface area contributed by atoms with E-state index >= 15 is 0 Å². The number of hydrogen-bond acceptors (Lipinski definition) is 2. The molecule has 0 spiro atoms. The van der Waals surface area contributed by atoms with Crippen molar-refractivity contribution in [1.29, 1.82) is 0 Å². The lowest BCUT2D eigenvalue weighted by atomic mass is 10.2. The number of rotatable bonds is 4. The lowest BCUT2D eigenvalue weighted by Gasteiger charge is -2.05. The normalized spacial score (nSPS) is 10.8. The van der Waals surface area contributed by atoms with E-state index in [1.54, 1.807) is 11.3 Å². The van der Waals surface area contributed by atoms with Gasteiger partial charge in [-0.05, 0) is 34.1 Å². The van der Waals surface area contributed by atoms with E-state index in [9.17, 15) is 8.78 Å². The lowest BCUT2D eigenvalue weighted by molar-refractivity contribution is 0.536. The number of nitrogens with one attached hydrogen (secondary N) is 1. The van der Waals surface area contributed by atoms with Gasteiger partial charge in [-0.25, -0.2) is 8.78 Å². The van der Waals surface area contributed by atoms with Crippen LogP contribution < -0.4 is 5.32 Å². The third-order valence-electron chi connectivity index (χ3n) is 2.28. The van der Waals surface area contributed by atoms with E-state index in [0.29, 0.717) is 6.54 Å². The van der Waals surface area contributed by atoms with Crippen molar-refractivity contribution >= 4 is 27.3 Å². The maximum absolute atomic E-state index is 13.3. The Kier molecular flexibility index (Phi) is 4.25. The molecule has 0 saturated carbocycles. The summed E-state index contributed by atoms with van der Waals surface area (Å²) in [6.07, 6.45) is 0. The molecule has 0 aliphatic carbocycles. The molecule has 0 bridgehead atoms. The Hall–Kier alpha value is -0.780. The minimum Gasteiger partial charge on any atom is -0.308 e. The van der Waals surface area contributed by atoms with Crippen LogP contribution in [0.4, 0.5) is 8.78 Å². The number of halogens is 3. The SMILES string of the molecule is Fc1cccc(F)c1CNCc1cc(Br)cs1. The zero-order chi connectivity index (χ0) is 12.3. The monoisotopic (exact) mass is 317 g/mol. The predicted octanol–water partition coefficient (Wildman–Crippen LogP) is 4.08. The summed E-state index contributed by atoms with van der Waals surface area (Å²) in [5.74, 6) is -1.02. The molecule has 0 saturated heterocycles. The highest BCUT2D eigenvalue weighted by Gasteiger charge is 2.07. The molecular formula is C12H10BrF2NS. The largest absolute Gasteiger partial charge is 0.308 e. The molecule has 0 fully saturated rings. The third kappa shape index (κ3) is 3.34. The van der Waals surface area contributed by atoms with Gasteiger partial charge >= 0.3 is 0 Å². The minimum atomic E-state index is -0.509. The van der Waals surface area contributed by atoms with E-state index in [1.165, 1.54) is 18.2 Å². The Morgan fingerprint density at radius 1 is 1.18 bits per heavy atom. The highest BCUT2D eigenvalue weighted by atomic mass is 79.9. The van der Waals surface area contributed by atoms with E-state index in [-0.39, 0.29) is 12.1 Å². The first-order valence-corrected chi connectivity index (χ1v) is 6.70. The van der Waals surface area contributed by atoms with Crippen LogP contribution >= 0.6 is 27.3 Å². The van der Waals surface area contributed by atoms with Gasteiger partial charge in [-0.15, -0.1) is 11.3 Å². The van der Waals surface area contributed by atoms with E-state index in [4.69, 9.17) is 0 Å². The number of benzene rings is 1. The fraction of sp³-hybridized carbons (Fsp3) is 0.167. The molecule has 0 amide bonds. The van der Waals surface area contributed by atoms with Gasteiger partial charge in [0.15, 0.2) is 0 Å². The van der Waals surface area contributed by atoms with Crippen molar-refractivity contribution in [3.05, 3.63) is 56.2 Å². The fourth-order valence-electron chi connectivity index (χ4n) is 1.46. The minimum absolute atomic E-state index is 0.0862. The van der Waals surface area contributed by atoms with Crippen LogP contribution in [-0.2, 0) is 13.1 Å². The van der Waals surface area contributed by atoms with E-state index in [1.807, 2.05) is 11.4 Å². The predicted molar refractivity (Wildman–Crippen MR) is 68.9 cm³/mol. The third-order valence-corrected chi connectivity index (χ3v) is 3.98. The summed E-state index contributed by atoms with van der Waals surface area (Å²) in [5, 5.41) is 5.00. The Morgan fingerprint density at radius 2 is 1.88 bits per heavy atom. The van der Waals surface area contributed by atoms with Crippen LogP contribution in [0.3, 0.4) is 0 Å². The van der Waals surface area contributed by atoms with Crippen molar-refractivity contribution in [3.63, 3.8) is 0 Å². The van der Waals surface area contributed by atoms with Crippen molar-refractivity contribution in [2.45, 2.75) is 13.1 Å². The van der Waals surface area contributed by atoms with Gasteiger partial charge < -0.3 is 5.32 Å². The van der Waals surface area contributed by atoms with Crippen molar-refractivity contribution in [3.8, 4) is 0 Å². The number of hydrogen-bond donors (Lipinski definition) is 1. The van der Waals surface area contributed by atoms with Gasteiger partial charge in [0.2, 0.25) is 0 Å². The van der Waals surface area contributed by atoms with Crippen molar-refractivity contribution < 1.29 is 8.78 Å². The van der Waals surface area contributed by atoms with Crippen LogP contribution in [0, 0.1) is 11.6 Å². The molecule has 5 heteroatoms. The Balaban J connectivity index is 1.94. The maximum Gasteiger partial charge on any atom is 0.130 e. The maximum atomic E-state index is 13.3. The van der Waals surface area contributed by atoms with E-state index in [0.717, 1.165) is 9.35 Å². The highest BCUT2D eigenvalue weighted by Crippen LogP contribution is 2.19. The van der Waals surface area contributed by atoms with Crippen LogP contribution in [0.5, 0.6) is 0 Å². The van der Waals surface area contributed by atoms with Gasteiger partial charge in [0.1, 0.15) is 11.6 Å². The first-order valence-electron chi connectivity index (χ1n) is 5.03. The molecule has 0 atom stereocenters. The Labute approximate surface area is 111 Å². The Morgan fingerprint density at radius 3 is 2.47 bits per heavy atom. The quantitative estimate of drug-likeness (QED) is 0.896. The number of thiophene rings is 1. The fourth-order valence-corrected chi connectivity index (χ4v) is 2.88. The molecule has 1 heterocycles. The van der Waals surface area contributed by atoms with Gasteiger partial charge in [-0.2, -0.15) is 0 Å². The summed E-state index contributed by atoms with van der Waals surface area (Å²) in [7, 11) is 0. The summed E-state index contributed by atoms with van der Waals surface area (Å²) < 4.78 is 27.6. The van der Waals surface area contributed by atoms with E-state index < -0.39 is 11.6 Å². The standard InChI is InChI=1S/C12H10BrF2NS/c13-8-4-9(17-7-8)5-16-6-10-11(14)2-1-3-12(10)15/h1-4,7,16H,5-6H2. The van der Waals surface area contributed by atoms with Crippen LogP contribution in [-0.4, -0.2) is 0 Å². The Bertz CT molecular complexity index is 493. The van der Waals surface area contributed by atoms with Crippen molar-refractivity contribution in [1.82, 2.24) is 5.32 Å². The second kappa shape index (κ2) is 5.71. The van der Waals surface area contributed by atoms with Crippen LogP contribution in [0.2, 0.25) is 0 Å². The van der Waals surface area contributed by atoms with Gasteiger partial charge in [0.05, 0.1) is 0 Å². The summed E-state index contributed by atoms with van der Waals surface area (Å²) >= 11 is 4.95. The highest BCUT2D eigenvalue weighted by molar-refractivity contribution is 9.10. The zero-order valence-electron chi connectivity index (χ0n) is 8.84. The molecule has 0 unspecified atom stereocenters. The zero-order valence-corrected chi connectivity index (χ0v) is 11.2. The van der Waals surface area contributed by atoms with Crippen LogP contribution in [0.25, 0.3) is 0 Å². The second-order valence-electron chi connectivity index (χ2n) is 3.54. The van der Waals surface area contributed by atoms with Crippen LogP contribution in [0.15, 0.2) is 34.1 Å². The average Bonchev–Trinajstić information content (AvgIpc) is 2.69. The van der Waals surface area contributed by atoms with Gasteiger partial charge in [-0.1, -0.05) is 6.07 Å². The molecule has 90 valence electrons. The summed E-state index contributed by atoms with van der Waals surface area (Å²) in [5.41, 5.74) is 0.0862. The summed E-state index contributed by atoms with van der Waals surface area (Å²) in [6, 6.07) is 5.88. The topological polar surface area (TPSA) is 12.0 Å². The molecule has 0 radical (unpaired) electrons.